The van der Waals surface area contributed by atoms with Gasteiger partial charge in [0, 0.05) is 18.5 Å². The van der Waals surface area contributed by atoms with Gasteiger partial charge in [-0.05, 0) is 18.9 Å². The minimum Gasteiger partial charge on any atom is -0.481 e. The van der Waals surface area contributed by atoms with Crippen molar-refractivity contribution in [2.45, 2.75) is 26.4 Å². The summed E-state index contributed by atoms with van der Waals surface area (Å²) >= 11 is 0. The molecule has 6 nitrogen and oxygen atoms in total. The largest absolute Gasteiger partial charge is 0.481 e. The summed E-state index contributed by atoms with van der Waals surface area (Å²) < 4.78 is 5.29. The number of carboxylic acids is 1. The van der Waals surface area contributed by atoms with Crippen molar-refractivity contribution in [1.29, 1.82) is 0 Å². The highest BCUT2D eigenvalue weighted by molar-refractivity contribution is 5.98. The average molecular weight is 369 g/mol. The van der Waals surface area contributed by atoms with Crippen molar-refractivity contribution >= 4 is 17.8 Å². The average Bonchev–Trinajstić information content (AvgIpc) is 2.66. The Morgan fingerprint density at radius 3 is 2.30 bits per heavy atom. The smallest absolute Gasteiger partial charge is 0.410 e. The SMILES string of the molecule is Cc1ccc(C(=O)CN(CCCC(=O)O)C(=O)OCc2ccccc2)cc1. The molecule has 27 heavy (non-hydrogen) atoms. The van der Waals surface area contributed by atoms with Gasteiger partial charge in [-0.2, -0.15) is 0 Å². The van der Waals surface area contributed by atoms with E-state index >= 15 is 0 Å². The summed E-state index contributed by atoms with van der Waals surface area (Å²) in [6.45, 7) is 2.00. The number of hydrogen-bond acceptors (Lipinski definition) is 4. The lowest BCUT2D eigenvalue weighted by Gasteiger charge is -2.21. The molecule has 0 fully saturated rings. The van der Waals surface area contributed by atoms with Crippen LogP contribution in [0, 0.1) is 6.92 Å². The Morgan fingerprint density at radius 1 is 1.00 bits per heavy atom. The van der Waals surface area contributed by atoms with E-state index < -0.39 is 12.1 Å². The number of nitrogens with zero attached hydrogens (tertiary/aromatic N) is 1. The van der Waals surface area contributed by atoms with E-state index in [-0.39, 0.29) is 38.3 Å². The van der Waals surface area contributed by atoms with Crippen LogP contribution in [-0.4, -0.2) is 40.9 Å². The van der Waals surface area contributed by atoms with E-state index in [4.69, 9.17) is 9.84 Å². The molecule has 2 aromatic rings. The van der Waals surface area contributed by atoms with E-state index in [1.54, 1.807) is 12.1 Å². The number of amides is 1. The maximum Gasteiger partial charge on any atom is 0.410 e. The number of hydrogen-bond donors (Lipinski definition) is 1. The molecule has 1 N–H and O–H groups in total. The van der Waals surface area contributed by atoms with Gasteiger partial charge < -0.3 is 14.7 Å². The van der Waals surface area contributed by atoms with Crippen LogP contribution in [0.2, 0.25) is 0 Å². The maximum absolute atomic E-state index is 12.5. The van der Waals surface area contributed by atoms with Crippen LogP contribution in [0.4, 0.5) is 4.79 Å². The zero-order valence-corrected chi connectivity index (χ0v) is 15.3. The van der Waals surface area contributed by atoms with Crippen molar-refractivity contribution in [3.05, 3.63) is 71.3 Å². The third-order valence-electron chi connectivity index (χ3n) is 3.99. The second-order valence-electron chi connectivity index (χ2n) is 6.25. The van der Waals surface area contributed by atoms with Gasteiger partial charge in [-0.25, -0.2) is 4.79 Å². The lowest BCUT2D eigenvalue weighted by atomic mass is 10.1. The summed E-state index contributed by atoms with van der Waals surface area (Å²) in [5, 5.41) is 8.80. The van der Waals surface area contributed by atoms with Crippen LogP contribution in [0.3, 0.4) is 0 Å². The molecule has 0 unspecified atom stereocenters. The number of aliphatic carboxylic acids is 1. The number of carbonyl (C=O) groups excluding carboxylic acids is 2. The minimum atomic E-state index is -0.947. The van der Waals surface area contributed by atoms with Gasteiger partial charge in [0.2, 0.25) is 0 Å². The monoisotopic (exact) mass is 369 g/mol. The molecule has 2 aromatic carbocycles. The lowest BCUT2D eigenvalue weighted by Crippen LogP contribution is -2.37. The van der Waals surface area contributed by atoms with E-state index in [0.29, 0.717) is 5.56 Å². The molecule has 0 spiro atoms. The summed E-state index contributed by atoms with van der Waals surface area (Å²) in [6.07, 6.45) is -0.470. The molecule has 0 radical (unpaired) electrons. The first-order valence-electron chi connectivity index (χ1n) is 8.73. The third-order valence-corrected chi connectivity index (χ3v) is 3.99. The first-order valence-corrected chi connectivity index (χ1v) is 8.73. The fraction of sp³-hybridized carbons (Fsp3) is 0.286. The van der Waals surface area contributed by atoms with Crippen molar-refractivity contribution < 1.29 is 24.2 Å². The molecule has 142 valence electrons. The second kappa shape index (κ2) is 10.1. The van der Waals surface area contributed by atoms with Crippen LogP contribution >= 0.6 is 0 Å². The standard InChI is InChI=1S/C21H23NO5/c1-16-9-11-18(12-10-16)19(23)14-22(13-5-8-20(24)25)21(26)27-15-17-6-3-2-4-7-17/h2-4,6-7,9-12H,5,8,13-15H2,1H3,(H,24,25). The van der Waals surface area contributed by atoms with Gasteiger partial charge in [-0.15, -0.1) is 0 Å². The highest BCUT2D eigenvalue weighted by Crippen LogP contribution is 2.09. The van der Waals surface area contributed by atoms with Gasteiger partial charge in [-0.1, -0.05) is 60.2 Å². The molecule has 0 bridgehead atoms. The Labute approximate surface area is 158 Å². The maximum atomic E-state index is 12.5. The number of carbonyl (C=O) groups is 3. The molecular formula is C21H23NO5. The van der Waals surface area contributed by atoms with Gasteiger partial charge >= 0.3 is 12.1 Å². The Balaban J connectivity index is 2.00. The predicted octanol–water partition coefficient (Wildman–Crippen LogP) is 3.68. The van der Waals surface area contributed by atoms with Crippen LogP contribution in [0.15, 0.2) is 54.6 Å². The molecule has 6 heteroatoms. The number of benzene rings is 2. The number of ketones is 1. The molecular weight excluding hydrogens is 346 g/mol. The molecule has 0 saturated heterocycles. The van der Waals surface area contributed by atoms with E-state index in [1.165, 1.54) is 4.90 Å². The lowest BCUT2D eigenvalue weighted by molar-refractivity contribution is -0.137. The molecule has 0 atom stereocenters. The normalized spacial score (nSPS) is 10.3. The molecule has 0 saturated carbocycles. The Morgan fingerprint density at radius 2 is 1.67 bits per heavy atom. The van der Waals surface area contributed by atoms with Gasteiger partial charge in [0.25, 0.3) is 0 Å². The first kappa shape index (κ1) is 20.2. The molecule has 1 amide bonds. The fourth-order valence-corrected chi connectivity index (χ4v) is 2.47. The highest BCUT2D eigenvalue weighted by atomic mass is 16.6. The number of carboxylic acid groups (broad SMARTS) is 1. The van der Waals surface area contributed by atoms with Gasteiger partial charge in [0.15, 0.2) is 5.78 Å². The quantitative estimate of drug-likeness (QED) is 0.682. The van der Waals surface area contributed by atoms with Crippen molar-refractivity contribution in [3.63, 3.8) is 0 Å². The van der Waals surface area contributed by atoms with Gasteiger partial charge in [-0.3, -0.25) is 9.59 Å². The van der Waals surface area contributed by atoms with Crippen molar-refractivity contribution in [3.8, 4) is 0 Å². The van der Waals surface area contributed by atoms with Crippen molar-refractivity contribution in [2.24, 2.45) is 0 Å². The zero-order valence-electron chi connectivity index (χ0n) is 15.3. The molecule has 0 aliphatic carbocycles. The van der Waals surface area contributed by atoms with Crippen LogP contribution in [0.1, 0.15) is 34.3 Å². The van der Waals surface area contributed by atoms with Crippen LogP contribution in [0.25, 0.3) is 0 Å². The van der Waals surface area contributed by atoms with E-state index in [2.05, 4.69) is 0 Å². The first-order chi connectivity index (χ1) is 13.0. The molecule has 0 aromatic heterocycles. The number of ether oxygens (including phenoxy) is 1. The van der Waals surface area contributed by atoms with Crippen LogP contribution in [-0.2, 0) is 16.1 Å². The number of rotatable bonds is 9. The fourth-order valence-electron chi connectivity index (χ4n) is 2.47. The predicted molar refractivity (Wildman–Crippen MR) is 101 cm³/mol. The number of aryl methyl sites for hydroxylation is 1. The van der Waals surface area contributed by atoms with E-state index in [1.807, 2.05) is 49.4 Å². The third kappa shape index (κ3) is 6.93. The minimum absolute atomic E-state index is 0.0822. The Hall–Kier alpha value is -3.15. The molecule has 0 aliphatic heterocycles. The Kier molecular flexibility index (Phi) is 7.55. The summed E-state index contributed by atoms with van der Waals surface area (Å²) in [5.74, 6) is -1.17. The second-order valence-corrected chi connectivity index (χ2v) is 6.25. The van der Waals surface area contributed by atoms with E-state index in [9.17, 15) is 14.4 Å². The number of Topliss-reactive ketones (excluding diaryl/α,β-unsaturated/α-hetero) is 1. The summed E-state index contributed by atoms with van der Waals surface area (Å²) in [4.78, 5) is 36.9. The topological polar surface area (TPSA) is 83.9 Å². The molecule has 2 rings (SSSR count). The molecule has 0 aliphatic rings. The van der Waals surface area contributed by atoms with Crippen LogP contribution < -0.4 is 0 Å². The summed E-state index contributed by atoms with van der Waals surface area (Å²) in [5.41, 5.74) is 2.37. The van der Waals surface area contributed by atoms with Crippen molar-refractivity contribution in [1.82, 2.24) is 4.90 Å². The molecule has 0 heterocycles. The van der Waals surface area contributed by atoms with Crippen LogP contribution in [0.5, 0.6) is 0 Å². The van der Waals surface area contributed by atoms with Gasteiger partial charge in [0.05, 0.1) is 6.54 Å². The summed E-state index contributed by atoms with van der Waals surface area (Å²) in [7, 11) is 0. The zero-order chi connectivity index (χ0) is 19.6. The highest BCUT2D eigenvalue weighted by Gasteiger charge is 2.20. The van der Waals surface area contributed by atoms with Gasteiger partial charge in [0.1, 0.15) is 6.61 Å². The summed E-state index contributed by atoms with van der Waals surface area (Å²) in [6, 6.07) is 16.3. The van der Waals surface area contributed by atoms with E-state index in [0.717, 1.165) is 11.1 Å². The Bertz CT molecular complexity index is 771. The van der Waals surface area contributed by atoms with Crippen molar-refractivity contribution in [2.75, 3.05) is 13.1 Å².